The molecule has 1 aliphatic rings. The zero-order chi connectivity index (χ0) is 11.7. The largest absolute Gasteiger partial charge is 0.356 e. The van der Waals surface area contributed by atoms with E-state index in [1.165, 1.54) is 23.8 Å². The molecule has 3 heteroatoms. The van der Waals surface area contributed by atoms with Crippen molar-refractivity contribution in [2.45, 2.75) is 26.2 Å². The van der Waals surface area contributed by atoms with Crippen molar-refractivity contribution in [2.24, 2.45) is 5.92 Å². The minimum absolute atomic E-state index is 0.706. The Morgan fingerprint density at radius 2 is 2.41 bits per heavy atom. The number of nitrogens with zero attached hydrogens (tertiary/aromatic N) is 1. The molecule has 0 bridgehead atoms. The highest BCUT2D eigenvalue weighted by Crippen LogP contribution is 2.24. The minimum Gasteiger partial charge on any atom is -0.356 e. The van der Waals surface area contributed by atoms with Crippen molar-refractivity contribution in [2.75, 3.05) is 13.1 Å². The number of nitrogens with one attached hydrogen (secondary N) is 1. The lowest BCUT2D eigenvalue weighted by atomic mass is 9.93. The normalized spacial score (nSPS) is 20.9. The van der Waals surface area contributed by atoms with E-state index in [1.54, 1.807) is 0 Å². The Morgan fingerprint density at radius 3 is 3.24 bits per heavy atom. The van der Waals surface area contributed by atoms with E-state index in [2.05, 4.69) is 29.5 Å². The maximum atomic E-state index is 5.38. The average molecular weight is 230 g/mol. The summed E-state index contributed by atoms with van der Waals surface area (Å²) in [7, 11) is 0. The highest BCUT2D eigenvalue weighted by molar-refractivity contribution is 5.80. The molecule has 90 valence electrons. The fraction of sp³-hybridized carbons (Fsp3) is 0.500. The molecule has 17 heavy (non-hydrogen) atoms. The molecule has 1 atom stereocenters. The number of rotatable bonds is 2. The molecule has 3 nitrogen and oxygen atoms in total. The predicted octanol–water partition coefficient (Wildman–Crippen LogP) is 2.68. The molecular weight excluding hydrogens is 212 g/mol. The fourth-order valence-electron chi connectivity index (χ4n) is 2.62. The Hall–Kier alpha value is -1.35. The summed E-state index contributed by atoms with van der Waals surface area (Å²) < 4.78 is 5.38. The second kappa shape index (κ2) is 4.49. The summed E-state index contributed by atoms with van der Waals surface area (Å²) >= 11 is 0. The van der Waals surface area contributed by atoms with E-state index in [4.69, 9.17) is 4.52 Å². The first kappa shape index (κ1) is 10.8. The second-order valence-electron chi connectivity index (χ2n) is 5.05. The van der Waals surface area contributed by atoms with Crippen LogP contribution in [0.15, 0.2) is 22.7 Å². The third-order valence-electron chi connectivity index (χ3n) is 3.58. The molecule has 2 aromatic rings. The molecule has 1 unspecified atom stereocenters. The van der Waals surface area contributed by atoms with Gasteiger partial charge in [-0.2, -0.15) is 0 Å². The van der Waals surface area contributed by atoms with Crippen molar-refractivity contribution in [1.82, 2.24) is 10.5 Å². The summed E-state index contributed by atoms with van der Waals surface area (Å²) in [6, 6.07) is 6.26. The Bertz CT molecular complexity index is 512. The number of hydrogen-bond acceptors (Lipinski definition) is 3. The third-order valence-corrected chi connectivity index (χ3v) is 3.58. The van der Waals surface area contributed by atoms with Crippen LogP contribution < -0.4 is 5.32 Å². The Labute approximate surface area is 101 Å². The van der Waals surface area contributed by atoms with Gasteiger partial charge in [0.1, 0.15) is 0 Å². The predicted molar refractivity (Wildman–Crippen MR) is 68.0 cm³/mol. The van der Waals surface area contributed by atoms with Gasteiger partial charge in [0.05, 0.1) is 5.69 Å². The lowest BCUT2D eigenvalue weighted by Gasteiger charge is -2.21. The van der Waals surface area contributed by atoms with Crippen LogP contribution in [0.2, 0.25) is 0 Å². The van der Waals surface area contributed by atoms with Gasteiger partial charge in [0.2, 0.25) is 0 Å². The molecule has 1 aromatic carbocycles. The maximum Gasteiger partial charge on any atom is 0.167 e. The van der Waals surface area contributed by atoms with Crippen molar-refractivity contribution in [3.63, 3.8) is 0 Å². The summed E-state index contributed by atoms with van der Waals surface area (Å²) in [6.45, 7) is 4.38. The van der Waals surface area contributed by atoms with Gasteiger partial charge in [0.25, 0.3) is 0 Å². The van der Waals surface area contributed by atoms with Crippen LogP contribution in [0.4, 0.5) is 0 Å². The number of aryl methyl sites for hydroxylation is 1. The standard InChI is InChI=1S/C14H18N2O/c1-10-4-5-14-12(7-10)13(16-17-14)8-11-3-2-6-15-9-11/h4-5,7,11,15H,2-3,6,8-9H2,1H3. The highest BCUT2D eigenvalue weighted by Gasteiger charge is 2.17. The van der Waals surface area contributed by atoms with E-state index in [9.17, 15) is 0 Å². The quantitative estimate of drug-likeness (QED) is 0.862. The molecule has 0 aliphatic carbocycles. The summed E-state index contributed by atoms with van der Waals surface area (Å²) in [5.74, 6) is 0.706. The van der Waals surface area contributed by atoms with Gasteiger partial charge in [-0.05, 0) is 57.3 Å². The fourth-order valence-corrected chi connectivity index (χ4v) is 2.62. The molecule has 1 saturated heterocycles. The van der Waals surface area contributed by atoms with Gasteiger partial charge in [-0.25, -0.2) is 0 Å². The zero-order valence-corrected chi connectivity index (χ0v) is 10.2. The van der Waals surface area contributed by atoms with Crippen molar-refractivity contribution >= 4 is 11.0 Å². The van der Waals surface area contributed by atoms with Crippen LogP contribution in [0.1, 0.15) is 24.1 Å². The summed E-state index contributed by atoms with van der Waals surface area (Å²) in [5.41, 5.74) is 3.30. The van der Waals surface area contributed by atoms with Gasteiger partial charge in [-0.1, -0.05) is 16.8 Å². The Morgan fingerprint density at radius 1 is 1.47 bits per heavy atom. The first-order chi connectivity index (χ1) is 8.33. The van der Waals surface area contributed by atoms with E-state index in [-0.39, 0.29) is 0 Å². The van der Waals surface area contributed by atoms with Crippen LogP contribution in [-0.2, 0) is 6.42 Å². The first-order valence-corrected chi connectivity index (χ1v) is 6.38. The first-order valence-electron chi connectivity index (χ1n) is 6.38. The molecule has 3 rings (SSSR count). The van der Waals surface area contributed by atoms with E-state index in [0.29, 0.717) is 5.92 Å². The van der Waals surface area contributed by atoms with Crippen LogP contribution in [0.25, 0.3) is 11.0 Å². The molecule has 1 fully saturated rings. The monoisotopic (exact) mass is 230 g/mol. The van der Waals surface area contributed by atoms with E-state index in [0.717, 1.165) is 30.8 Å². The number of hydrogen-bond donors (Lipinski definition) is 1. The van der Waals surface area contributed by atoms with E-state index in [1.807, 2.05) is 6.07 Å². The summed E-state index contributed by atoms with van der Waals surface area (Å²) in [5, 5.41) is 8.87. The number of fused-ring (bicyclic) bond motifs is 1. The topological polar surface area (TPSA) is 38.1 Å². The van der Waals surface area contributed by atoms with Crippen LogP contribution in [0.3, 0.4) is 0 Å². The molecule has 1 N–H and O–H groups in total. The lowest BCUT2D eigenvalue weighted by molar-refractivity contribution is 0.363. The van der Waals surface area contributed by atoms with E-state index >= 15 is 0 Å². The van der Waals surface area contributed by atoms with Gasteiger partial charge < -0.3 is 9.84 Å². The van der Waals surface area contributed by atoms with Gasteiger partial charge >= 0.3 is 0 Å². The molecule has 0 spiro atoms. The van der Waals surface area contributed by atoms with Gasteiger partial charge in [0, 0.05) is 5.39 Å². The van der Waals surface area contributed by atoms with Crippen LogP contribution >= 0.6 is 0 Å². The van der Waals surface area contributed by atoms with Crippen LogP contribution in [0.5, 0.6) is 0 Å². The SMILES string of the molecule is Cc1ccc2onc(CC3CCCNC3)c2c1. The maximum absolute atomic E-state index is 5.38. The summed E-state index contributed by atoms with van der Waals surface area (Å²) in [6.07, 6.45) is 3.61. The van der Waals surface area contributed by atoms with Crippen LogP contribution in [-0.4, -0.2) is 18.2 Å². The smallest absolute Gasteiger partial charge is 0.167 e. The number of piperidine rings is 1. The van der Waals surface area contributed by atoms with Gasteiger partial charge in [0.15, 0.2) is 5.58 Å². The molecule has 0 radical (unpaired) electrons. The molecule has 2 heterocycles. The third kappa shape index (κ3) is 2.20. The molecule has 0 amide bonds. The van der Waals surface area contributed by atoms with E-state index < -0.39 is 0 Å². The molecule has 0 saturated carbocycles. The Balaban J connectivity index is 1.86. The second-order valence-corrected chi connectivity index (χ2v) is 5.05. The summed E-state index contributed by atoms with van der Waals surface area (Å²) in [4.78, 5) is 0. The van der Waals surface area contributed by atoms with Crippen LogP contribution in [0, 0.1) is 12.8 Å². The Kier molecular flexibility index (Phi) is 2.85. The molecule has 1 aromatic heterocycles. The number of aromatic nitrogens is 1. The van der Waals surface area contributed by atoms with Crippen molar-refractivity contribution in [3.8, 4) is 0 Å². The molecule has 1 aliphatic heterocycles. The van der Waals surface area contributed by atoms with Crippen molar-refractivity contribution in [1.29, 1.82) is 0 Å². The lowest BCUT2D eigenvalue weighted by Crippen LogP contribution is -2.30. The highest BCUT2D eigenvalue weighted by atomic mass is 16.5. The van der Waals surface area contributed by atoms with Crippen molar-refractivity contribution < 1.29 is 4.52 Å². The zero-order valence-electron chi connectivity index (χ0n) is 10.2. The minimum atomic E-state index is 0.706. The van der Waals surface area contributed by atoms with Crippen molar-refractivity contribution in [3.05, 3.63) is 29.5 Å². The molecular formula is C14H18N2O. The number of benzene rings is 1. The van der Waals surface area contributed by atoms with Gasteiger partial charge in [-0.3, -0.25) is 0 Å². The average Bonchev–Trinajstić information content (AvgIpc) is 2.73. The van der Waals surface area contributed by atoms with Gasteiger partial charge in [-0.15, -0.1) is 0 Å².